The van der Waals surface area contributed by atoms with Crippen molar-refractivity contribution in [1.29, 1.82) is 0 Å². The van der Waals surface area contributed by atoms with Gasteiger partial charge in [-0.2, -0.15) is 26.3 Å². The van der Waals surface area contributed by atoms with Crippen molar-refractivity contribution in [2.75, 3.05) is 13.2 Å². The summed E-state index contributed by atoms with van der Waals surface area (Å²) in [5, 5.41) is 28.3. The lowest BCUT2D eigenvalue weighted by atomic mass is 10.2. The second kappa shape index (κ2) is 16.2. The van der Waals surface area contributed by atoms with Crippen LogP contribution < -0.4 is 10.1 Å². The molecular weight excluding hydrogens is 694 g/mol. The minimum Gasteiger partial charge on any atom is -0.491 e. The Morgan fingerprint density at radius 3 is 2.14 bits per heavy atom. The number of aliphatic carboxylic acids is 2. The molecule has 0 saturated carbocycles. The number of alkyl halides is 6. The van der Waals surface area contributed by atoms with Crippen LogP contribution in [0.4, 0.5) is 26.3 Å². The molecule has 44 heavy (non-hydrogen) atoms. The number of benzene rings is 2. The van der Waals surface area contributed by atoms with Crippen LogP contribution in [0, 0.1) is 0 Å². The first-order valence-corrected chi connectivity index (χ1v) is 13.1. The minimum absolute atomic E-state index is 0.199. The van der Waals surface area contributed by atoms with Crippen LogP contribution in [0.15, 0.2) is 65.3 Å². The number of aliphatic hydroxyl groups is 1. The van der Waals surface area contributed by atoms with Gasteiger partial charge in [-0.05, 0) is 64.0 Å². The average molecular weight is 716 g/mol. The van der Waals surface area contributed by atoms with Gasteiger partial charge in [0.25, 0.3) is 0 Å². The van der Waals surface area contributed by atoms with Crippen molar-refractivity contribution < 1.29 is 56.0 Å². The lowest BCUT2D eigenvalue weighted by Crippen LogP contribution is -2.31. The first-order chi connectivity index (χ1) is 20.5. The zero-order valence-corrected chi connectivity index (χ0v) is 24.3. The molecule has 2 heterocycles. The van der Waals surface area contributed by atoms with Crippen molar-refractivity contribution in [3.05, 3.63) is 75.9 Å². The largest absolute Gasteiger partial charge is 0.491 e. The number of imidazole rings is 1. The molecule has 0 aliphatic rings. The maximum atomic E-state index is 10.6. The molecule has 5 N–H and O–H groups in total. The van der Waals surface area contributed by atoms with Crippen LogP contribution in [0.2, 0.25) is 5.02 Å². The zero-order chi connectivity index (χ0) is 33.1. The third-order valence-electron chi connectivity index (χ3n) is 4.96. The molecule has 4 aromatic rings. The topological polar surface area (TPSA) is 158 Å². The molecule has 0 radical (unpaired) electrons. The Kier molecular flexibility index (Phi) is 13.4. The predicted molar refractivity (Wildman–Crippen MR) is 149 cm³/mol. The van der Waals surface area contributed by atoms with Crippen molar-refractivity contribution >= 4 is 50.6 Å². The van der Waals surface area contributed by atoms with Gasteiger partial charge in [0.1, 0.15) is 29.8 Å². The van der Waals surface area contributed by atoms with E-state index in [9.17, 15) is 31.4 Å². The number of fused-ring (bicyclic) bond motifs is 1. The number of nitrogens with one attached hydrogen (secondary N) is 2. The quantitative estimate of drug-likeness (QED) is 0.142. The Labute approximate surface area is 257 Å². The molecule has 4 rings (SSSR count). The lowest BCUT2D eigenvalue weighted by Gasteiger charge is -2.13. The highest BCUT2D eigenvalue weighted by Crippen LogP contribution is 2.23. The van der Waals surface area contributed by atoms with E-state index in [4.69, 9.17) is 36.1 Å². The van der Waals surface area contributed by atoms with Crippen LogP contribution in [-0.4, -0.2) is 73.8 Å². The Morgan fingerprint density at radius 2 is 1.59 bits per heavy atom. The monoisotopic (exact) mass is 714 g/mol. The second-order valence-electron chi connectivity index (χ2n) is 8.46. The number of hydrogen-bond donors (Lipinski definition) is 5. The normalized spacial score (nSPS) is 11.9. The maximum absolute atomic E-state index is 10.6. The number of rotatable bonds is 8. The number of aliphatic hydroxyl groups excluding tert-OH is 1. The number of carboxylic acids is 2. The summed E-state index contributed by atoms with van der Waals surface area (Å²) in [5.74, 6) is -4.09. The summed E-state index contributed by atoms with van der Waals surface area (Å²) in [6, 6.07) is 17.1. The highest BCUT2D eigenvalue weighted by Gasteiger charge is 2.38. The van der Waals surface area contributed by atoms with E-state index in [0.29, 0.717) is 23.9 Å². The van der Waals surface area contributed by atoms with E-state index in [0.717, 1.165) is 32.6 Å². The summed E-state index contributed by atoms with van der Waals surface area (Å²) in [6.07, 6.45) is -9.06. The highest BCUT2D eigenvalue weighted by atomic mass is 79.9. The number of aromatic nitrogens is 3. The van der Waals surface area contributed by atoms with Gasteiger partial charge >= 0.3 is 24.3 Å². The SMILES string of the molecule is O=C(O)C(F)(F)F.O=C(O)C(F)(F)F.OC(CNCc1cccc(Cl)c1)COc1ccc(-c2nc3cc(Br)cnc3[nH]2)cc1. The summed E-state index contributed by atoms with van der Waals surface area (Å²) in [4.78, 5) is 29.9. The summed E-state index contributed by atoms with van der Waals surface area (Å²) in [7, 11) is 0. The molecule has 18 heteroatoms. The van der Waals surface area contributed by atoms with Crippen molar-refractivity contribution in [3.8, 4) is 17.1 Å². The molecule has 0 aliphatic carbocycles. The zero-order valence-electron chi connectivity index (χ0n) is 22.0. The van der Waals surface area contributed by atoms with Crippen molar-refractivity contribution in [1.82, 2.24) is 20.3 Å². The van der Waals surface area contributed by atoms with Gasteiger partial charge < -0.3 is 30.4 Å². The molecule has 0 fully saturated rings. The first kappa shape index (κ1) is 36.3. The van der Waals surface area contributed by atoms with Crippen LogP contribution in [0.25, 0.3) is 22.6 Å². The van der Waals surface area contributed by atoms with Crippen molar-refractivity contribution in [2.24, 2.45) is 0 Å². The number of halogens is 8. The maximum Gasteiger partial charge on any atom is 0.490 e. The Hall–Kier alpha value is -3.93. The number of pyridine rings is 1. The van der Waals surface area contributed by atoms with Gasteiger partial charge in [-0.15, -0.1) is 0 Å². The summed E-state index contributed by atoms with van der Waals surface area (Å²) < 4.78 is 70.1. The van der Waals surface area contributed by atoms with E-state index >= 15 is 0 Å². The van der Waals surface area contributed by atoms with Crippen LogP contribution in [0.1, 0.15) is 5.56 Å². The molecule has 238 valence electrons. The highest BCUT2D eigenvalue weighted by molar-refractivity contribution is 9.10. The molecule has 2 aromatic heterocycles. The molecule has 0 aliphatic heterocycles. The number of hydrogen-bond acceptors (Lipinski definition) is 7. The average Bonchev–Trinajstić information content (AvgIpc) is 3.35. The molecule has 0 bridgehead atoms. The van der Waals surface area contributed by atoms with E-state index in [-0.39, 0.29) is 6.61 Å². The molecule has 10 nitrogen and oxygen atoms in total. The standard InChI is InChI=1S/C22H20BrClN4O2.2C2HF3O2/c23-16-9-20-22(26-11-16)28-21(27-20)15-4-6-19(7-5-15)30-13-18(29)12-25-10-14-2-1-3-17(24)8-14;2*3-2(4,5)1(6)7/h1-9,11,18,25,29H,10,12-13H2,(H,26,27,28);2*(H,6,7). The number of H-pyrrole nitrogens is 1. The molecule has 2 aromatic carbocycles. The molecule has 0 spiro atoms. The Morgan fingerprint density at radius 1 is 1.00 bits per heavy atom. The third-order valence-corrected chi connectivity index (χ3v) is 5.63. The number of carbonyl (C=O) groups is 2. The van der Waals surface area contributed by atoms with Gasteiger partial charge in [0.05, 0.1) is 0 Å². The van der Waals surface area contributed by atoms with Gasteiger partial charge in [-0.1, -0.05) is 23.7 Å². The van der Waals surface area contributed by atoms with Gasteiger partial charge in [0.2, 0.25) is 0 Å². The Balaban J connectivity index is 0.000000402. The fourth-order valence-corrected chi connectivity index (χ4v) is 3.53. The number of nitrogens with zero attached hydrogens (tertiary/aromatic N) is 2. The van der Waals surface area contributed by atoms with Crippen LogP contribution in [0.5, 0.6) is 5.75 Å². The minimum atomic E-state index is -5.08. The number of aromatic amines is 1. The van der Waals surface area contributed by atoms with Crippen LogP contribution >= 0.6 is 27.5 Å². The van der Waals surface area contributed by atoms with Crippen LogP contribution in [-0.2, 0) is 16.1 Å². The molecule has 1 atom stereocenters. The molecule has 0 amide bonds. The van der Waals surface area contributed by atoms with E-state index < -0.39 is 30.4 Å². The van der Waals surface area contributed by atoms with E-state index in [2.05, 4.69) is 36.2 Å². The van der Waals surface area contributed by atoms with Gasteiger partial charge in [-0.25, -0.2) is 19.6 Å². The Bertz CT molecular complexity index is 1510. The third kappa shape index (κ3) is 12.7. The number of carboxylic acid groups (broad SMARTS) is 2. The summed E-state index contributed by atoms with van der Waals surface area (Å²) in [5.41, 5.74) is 3.54. The molecule has 0 saturated heterocycles. The van der Waals surface area contributed by atoms with Gasteiger partial charge in [-0.3, -0.25) is 0 Å². The van der Waals surface area contributed by atoms with Gasteiger partial charge in [0, 0.05) is 34.3 Å². The van der Waals surface area contributed by atoms with E-state index in [1.165, 1.54) is 0 Å². The van der Waals surface area contributed by atoms with Crippen molar-refractivity contribution in [3.63, 3.8) is 0 Å². The smallest absolute Gasteiger partial charge is 0.490 e. The predicted octanol–water partition coefficient (Wildman–Crippen LogP) is 5.84. The molecular formula is C26H22BrClF6N4O6. The summed E-state index contributed by atoms with van der Waals surface area (Å²) in [6.45, 7) is 1.26. The second-order valence-corrected chi connectivity index (χ2v) is 9.81. The summed E-state index contributed by atoms with van der Waals surface area (Å²) >= 11 is 9.38. The fraction of sp³-hybridized carbons (Fsp3) is 0.231. The fourth-order valence-electron chi connectivity index (χ4n) is 3.00. The van der Waals surface area contributed by atoms with Gasteiger partial charge in [0.15, 0.2) is 5.65 Å². The van der Waals surface area contributed by atoms with E-state index in [1.807, 2.05) is 54.6 Å². The first-order valence-electron chi connectivity index (χ1n) is 11.9. The van der Waals surface area contributed by atoms with Crippen LogP contribution in [0.3, 0.4) is 0 Å². The lowest BCUT2D eigenvalue weighted by molar-refractivity contribution is -0.193. The van der Waals surface area contributed by atoms with Crippen molar-refractivity contribution in [2.45, 2.75) is 25.0 Å². The number of ether oxygens (including phenoxy) is 1. The molecule has 1 unspecified atom stereocenters. The van der Waals surface area contributed by atoms with E-state index in [1.54, 1.807) is 6.20 Å².